The van der Waals surface area contributed by atoms with Gasteiger partial charge in [-0.3, -0.25) is 43.7 Å². The zero-order chi connectivity index (χ0) is 53.4. The number of hydrogen-bond acceptors (Lipinski definition) is 15. The fraction of sp³-hybridized carbons (Fsp3) is 0.500. The third-order valence-electron chi connectivity index (χ3n) is 17.3. The molecule has 7 aliphatic rings. The van der Waals surface area contributed by atoms with Crippen LogP contribution < -0.4 is 16.4 Å². The number of nitrogens with two attached hydrogens (primary N) is 1. The number of nitrogens with one attached hydrogen (secondary N) is 2. The Kier molecular flexibility index (Phi) is 14.7. The van der Waals surface area contributed by atoms with E-state index in [-0.39, 0.29) is 47.9 Å². The van der Waals surface area contributed by atoms with Crippen molar-refractivity contribution in [1.29, 1.82) is 0 Å². The van der Waals surface area contributed by atoms with Gasteiger partial charge in [-0.25, -0.2) is 19.2 Å². The van der Waals surface area contributed by atoms with E-state index in [1.165, 1.54) is 62.2 Å². The van der Waals surface area contributed by atoms with Crippen LogP contribution in [0.5, 0.6) is 0 Å². The molecule has 2 atom stereocenters. The first kappa shape index (κ1) is 51.7. The summed E-state index contributed by atoms with van der Waals surface area (Å²) in [6, 6.07) is 13.6. The molecular formula is C56H65FN12O8. The molecule has 21 heteroatoms. The number of nitrogens with zero attached hydrogens (tertiary/aromatic N) is 9. The highest BCUT2D eigenvalue weighted by Gasteiger charge is 2.49. The monoisotopic (exact) mass is 1050 g/mol. The highest BCUT2D eigenvalue weighted by Crippen LogP contribution is 2.52. The molecule has 4 N–H and O–H groups in total. The van der Waals surface area contributed by atoms with Crippen molar-refractivity contribution in [3.05, 3.63) is 102 Å². The largest absolute Gasteiger partial charge is 0.442 e. The van der Waals surface area contributed by atoms with Crippen LogP contribution in [0.3, 0.4) is 0 Å². The zero-order valence-corrected chi connectivity index (χ0v) is 43.1. The number of carbonyl (C=O) groups is 7. The molecule has 1 saturated carbocycles. The predicted molar refractivity (Wildman–Crippen MR) is 278 cm³/mol. The Morgan fingerprint density at radius 3 is 2.25 bits per heavy atom. The standard InChI is InChI=1S/C56H65FN12O8/c57-39-6-8-40(9-7-39)61-52(73)49(36-4-2-1-3-5-36)77-55(76)48-50(58)59-32-43(62-48)38-31-60-68(34-38)41-16-24-65(25-17-41)42-29-56(30-42)18-26-64(27-19-56)33-35-12-20-67(21-13-35)53(74)37-14-22-66(23-15-37)45-28-47(71)69(54(45)75)44-10-11-46(70)63-51(44)72/h1-9,28,31-32,34-35,37,41-42,44,49H,10-27,29-30,33H2,(H2,58,59)(H,61,73)(H,63,70,72)/t44?,49-/m1/s1. The normalized spacial score (nSPS) is 22.7. The SMILES string of the molecule is Nc1ncc(-c2cnn(C3CCN(C4CC5(CCN(CC6CCN(C(=O)C7CCN(C8=CC(=O)N(C9CCC(=O)NC9=O)C8=O)CC7)CC6)CC5)C4)CC3)c2)nc1C(=O)O[C@@H](C(=O)Nc1ccc(F)cc1)c1ccccc1. The summed E-state index contributed by atoms with van der Waals surface area (Å²) in [5.74, 6) is -3.63. The number of nitrogen functional groups attached to an aromatic ring is 1. The molecule has 2 aromatic carbocycles. The van der Waals surface area contributed by atoms with Crippen molar-refractivity contribution >= 4 is 52.9 Å². The third kappa shape index (κ3) is 11.1. The Labute approximate surface area is 445 Å². The van der Waals surface area contributed by atoms with Crippen molar-refractivity contribution in [2.45, 2.75) is 101 Å². The second-order valence-corrected chi connectivity index (χ2v) is 22.1. The maximum absolute atomic E-state index is 13.7. The minimum Gasteiger partial charge on any atom is -0.442 e. The fourth-order valence-corrected chi connectivity index (χ4v) is 12.7. The molecule has 77 heavy (non-hydrogen) atoms. The molecule has 0 radical (unpaired) electrons. The number of likely N-dealkylation sites (tertiary alicyclic amines) is 4. The Balaban J connectivity index is 0.592. The number of imide groups is 2. The quantitative estimate of drug-likeness (QED) is 0.124. The Bertz CT molecular complexity index is 2930. The lowest BCUT2D eigenvalue weighted by molar-refractivity contribution is -0.150. The van der Waals surface area contributed by atoms with E-state index in [2.05, 4.69) is 30.4 Å². The van der Waals surface area contributed by atoms with Gasteiger partial charge in [-0.15, -0.1) is 0 Å². The van der Waals surface area contributed by atoms with Crippen LogP contribution >= 0.6 is 0 Å². The minimum absolute atomic E-state index is 0.0746. The van der Waals surface area contributed by atoms with Crippen molar-refractivity contribution in [1.82, 2.24) is 49.6 Å². The first-order valence-electron chi connectivity index (χ1n) is 27.2. The summed E-state index contributed by atoms with van der Waals surface area (Å²) in [5.41, 5.74) is 8.42. The number of rotatable bonds is 13. The van der Waals surface area contributed by atoms with Crippen molar-refractivity contribution in [2.24, 2.45) is 17.3 Å². The van der Waals surface area contributed by atoms with Crippen LogP contribution in [0.4, 0.5) is 15.9 Å². The van der Waals surface area contributed by atoms with Gasteiger partial charge >= 0.3 is 5.97 Å². The number of carbonyl (C=O) groups excluding carboxylic acids is 7. The predicted octanol–water partition coefficient (Wildman–Crippen LogP) is 4.49. The molecule has 1 unspecified atom stereocenters. The summed E-state index contributed by atoms with van der Waals surface area (Å²) < 4.78 is 21.3. The van der Waals surface area contributed by atoms with Gasteiger partial charge in [0.2, 0.25) is 23.8 Å². The lowest BCUT2D eigenvalue weighted by Gasteiger charge is -2.56. The van der Waals surface area contributed by atoms with Gasteiger partial charge in [0.1, 0.15) is 17.6 Å². The number of anilines is 2. The number of hydrogen-bond donors (Lipinski definition) is 3. The van der Waals surface area contributed by atoms with Gasteiger partial charge < -0.3 is 35.4 Å². The lowest BCUT2D eigenvalue weighted by atomic mass is 9.59. The number of esters is 1. The Hall–Kier alpha value is -7.39. The van der Waals surface area contributed by atoms with Crippen LogP contribution in [0, 0.1) is 23.1 Å². The number of aromatic nitrogens is 4. The number of ether oxygens (including phenoxy) is 1. The maximum Gasteiger partial charge on any atom is 0.361 e. The Morgan fingerprint density at radius 2 is 1.55 bits per heavy atom. The summed E-state index contributed by atoms with van der Waals surface area (Å²) in [6.45, 7) is 7.80. The Morgan fingerprint density at radius 1 is 0.831 bits per heavy atom. The van der Waals surface area contributed by atoms with Crippen molar-refractivity contribution in [2.75, 3.05) is 70.0 Å². The number of halogens is 1. The van der Waals surface area contributed by atoms with E-state index in [9.17, 15) is 38.0 Å². The molecular weight excluding hydrogens is 988 g/mol. The topological polar surface area (TPSA) is 239 Å². The molecule has 404 valence electrons. The molecule has 20 nitrogen and oxygen atoms in total. The van der Waals surface area contributed by atoms with E-state index in [1.54, 1.807) is 36.5 Å². The van der Waals surface area contributed by atoms with Gasteiger partial charge in [-0.2, -0.15) is 5.10 Å². The van der Waals surface area contributed by atoms with E-state index in [0.717, 1.165) is 76.4 Å². The molecule has 6 aliphatic heterocycles. The molecule has 6 fully saturated rings. The first-order valence-corrected chi connectivity index (χ1v) is 27.2. The highest BCUT2D eigenvalue weighted by atomic mass is 19.1. The molecule has 11 rings (SSSR count). The van der Waals surface area contributed by atoms with Gasteiger partial charge in [-0.05, 0) is 119 Å². The van der Waals surface area contributed by atoms with E-state index >= 15 is 0 Å². The van der Waals surface area contributed by atoms with Crippen molar-refractivity contribution < 1.29 is 42.7 Å². The van der Waals surface area contributed by atoms with E-state index in [0.29, 0.717) is 65.8 Å². The van der Waals surface area contributed by atoms with Gasteiger partial charge in [0.15, 0.2) is 11.5 Å². The highest BCUT2D eigenvalue weighted by molar-refractivity contribution is 6.18. The van der Waals surface area contributed by atoms with Crippen LogP contribution in [-0.4, -0.2) is 157 Å². The van der Waals surface area contributed by atoms with Gasteiger partial charge in [-0.1, -0.05) is 30.3 Å². The van der Waals surface area contributed by atoms with Gasteiger partial charge in [0.25, 0.3) is 17.7 Å². The van der Waals surface area contributed by atoms with E-state index in [4.69, 9.17) is 15.6 Å². The maximum atomic E-state index is 13.7. The van der Waals surface area contributed by atoms with Gasteiger partial charge in [0.05, 0.1) is 24.1 Å². The minimum atomic E-state index is -1.36. The smallest absolute Gasteiger partial charge is 0.361 e. The van der Waals surface area contributed by atoms with E-state index in [1.807, 2.05) is 20.7 Å². The van der Waals surface area contributed by atoms with Crippen molar-refractivity contribution in [3.8, 4) is 11.3 Å². The second kappa shape index (κ2) is 21.9. The summed E-state index contributed by atoms with van der Waals surface area (Å²) >= 11 is 0. The van der Waals surface area contributed by atoms with Crippen LogP contribution in [0.1, 0.15) is 105 Å². The number of amides is 6. The fourth-order valence-electron chi connectivity index (χ4n) is 12.7. The molecule has 4 aromatic rings. The summed E-state index contributed by atoms with van der Waals surface area (Å²) in [7, 11) is 0. The number of benzene rings is 2. The van der Waals surface area contributed by atoms with Crippen LogP contribution in [-0.2, 0) is 33.5 Å². The molecule has 1 aliphatic carbocycles. The summed E-state index contributed by atoms with van der Waals surface area (Å²) in [5, 5.41) is 9.61. The average molecular weight is 1050 g/mol. The van der Waals surface area contributed by atoms with Gasteiger partial charge in [0, 0.05) is 93.3 Å². The van der Waals surface area contributed by atoms with Crippen LogP contribution in [0.25, 0.3) is 11.3 Å². The first-order chi connectivity index (χ1) is 37.3. The molecule has 0 bridgehead atoms. The summed E-state index contributed by atoms with van der Waals surface area (Å²) in [6.07, 6.45) is 15.3. The molecule has 5 saturated heterocycles. The molecule has 1 spiro atoms. The lowest BCUT2D eigenvalue weighted by Crippen LogP contribution is -2.56. The molecule has 2 aromatic heterocycles. The summed E-state index contributed by atoms with van der Waals surface area (Å²) in [4.78, 5) is 110. The van der Waals surface area contributed by atoms with Crippen LogP contribution in [0.15, 0.2) is 85.0 Å². The third-order valence-corrected chi connectivity index (χ3v) is 17.3. The second-order valence-electron chi connectivity index (χ2n) is 22.1. The molecule has 8 heterocycles. The molecule has 6 amide bonds. The van der Waals surface area contributed by atoms with Crippen LogP contribution in [0.2, 0.25) is 0 Å². The van der Waals surface area contributed by atoms with Crippen molar-refractivity contribution in [3.63, 3.8) is 0 Å². The number of piperidine rings is 5. The average Bonchev–Trinajstić information content (AvgIpc) is 4.06. The zero-order valence-electron chi connectivity index (χ0n) is 43.1. The van der Waals surface area contributed by atoms with E-state index < -0.39 is 53.5 Å².